The largest absolute Gasteiger partial charge is 0.479 e. The molecule has 2 aliphatic rings. The number of nitrogens with zero attached hydrogens (tertiary/aromatic N) is 1. The minimum atomic E-state index is -1.04. The van der Waals surface area contributed by atoms with Crippen molar-refractivity contribution in [3.05, 3.63) is 52.9 Å². The van der Waals surface area contributed by atoms with E-state index in [0.717, 1.165) is 5.56 Å². The lowest BCUT2D eigenvalue weighted by atomic mass is 10.2. The predicted molar refractivity (Wildman–Crippen MR) is 112 cm³/mol. The zero-order valence-electron chi connectivity index (χ0n) is 15.2. The number of hydrogen-bond acceptors (Lipinski definition) is 7. The van der Waals surface area contributed by atoms with Crippen LogP contribution in [-0.2, 0) is 9.59 Å². The molecule has 2 heterocycles. The summed E-state index contributed by atoms with van der Waals surface area (Å²) >= 11 is 6.60. The molecule has 4 rings (SSSR count). The van der Waals surface area contributed by atoms with Gasteiger partial charge in [-0.15, -0.1) is 0 Å². The summed E-state index contributed by atoms with van der Waals surface area (Å²) in [6.07, 6.45) is 0.787. The molecule has 0 spiro atoms. The maximum Gasteiger partial charge on any atom is 0.344 e. The van der Waals surface area contributed by atoms with Gasteiger partial charge in [-0.05, 0) is 42.8 Å². The molecule has 9 heteroatoms. The van der Waals surface area contributed by atoms with Gasteiger partial charge in [-0.1, -0.05) is 36.1 Å². The number of carboxylic acid groups (broad SMARTS) is 1. The molecule has 7 nitrogen and oxygen atoms in total. The molecule has 0 aliphatic carbocycles. The van der Waals surface area contributed by atoms with Crippen LogP contribution in [0.15, 0.2) is 47.4 Å². The molecule has 1 amide bonds. The lowest BCUT2D eigenvalue weighted by Crippen LogP contribution is -2.27. The number of thiocarbonyl (C=S) groups is 1. The Morgan fingerprint density at radius 3 is 2.69 bits per heavy atom. The Morgan fingerprint density at radius 2 is 1.97 bits per heavy atom. The predicted octanol–water partition coefficient (Wildman–Crippen LogP) is 3.67. The first-order valence-electron chi connectivity index (χ1n) is 8.59. The molecule has 2 aliphatic heterocycles. The number of hydrogen-bond donors (Lipinski definition) is 1. The van der Waals surface area contributed by atoms with Crippen LogP contribution in [-0.4, -0.2) is 34.2 Å². The number of carbonyl (C=O) groups excluding carboxylic acids is 1. The Labute approximate surface area is 175 Å². The van der Waals surface area contributed by atoms with E-state index in [1.807, 2.05) is 0 Å². The van der Waals surface area contributed by atoms with Crippen LogP contribution in [0.5, 0.6) is 17.2 Å². The van der Waals surface area contributed by atoms with E-state index in [1.54, 1.807) is 48.5 Å². The number of carboxylic acids is 1. The molecule has 0 saturated carbocycles. The number of amides is 1. The van der Waals surface area contributed by atoms with Gasteiger partial charge in [0.1, 0.15) is 5.75 Å². The van der Waals surface area contributed by atoms with Crippen LogP contribution in [0.4, 0.5) is 5.69 Å². The number of carbonyl (C=O) groups is 2. The Kier molecular flexibility index (Phi) is 5.16. The molecular weight excluding hydrogens is 414 g/mol. The third-order valence-electron chi connectivity index (χ3n) is 4.25. The molecular formula is C20H15NO6S2. The first-order valence-corrected chi connectivity index (χ1v) is 9.82. The van der Waals surface area contributed by atoms with E-state index < -0.39 is 12.1 Å². The zero-order valence-corrected chi connectivity index (χ0v) is 16.8. The topological polar surface area (TPSA) is 85.3 Å². The standard InChI is InChI=1S/C20H15NO6S2/c1-11(19(23)24)27-14-5-2-12(3-6-14)8-17-18(22)21(20(28)29-17)13-4-7-15-16(9-13)26-10-25-15/h2-9,11H,10H2,1H3,(H,23,24)/b17-8+. The summed E-state index contributed by atoms with van der Waals surface area (Å²) in [6.45, 7) is 1.61. The van der Waals surface area contributed by atoms with E-state index in [2.05, 4.69) is 0 Å². The summed E-state index contributed by atoms with van der Waals surface area (Å²) < 4.78 is 16.4. The zero-order chi connectivity index (χ0) is 20.5. The summed E-state index contributed by atoms with van der Waals surface area (Å²) in [5.74, 6) is 0.380. The van der Waals surface area contributed by atoms with Crippen molar-refractivity contribution in [3.8, 4) is 17.2 Å². The molecule has 1 saturated heterocycles. The van der Waals surface area contributed by atoms with E-state index in [0.29, 0.717) is 32.2 Å². The number of thioether (sulfide) groups is 1. The fourth-order valence-corrected chi connectivity index (χ4v) is 4.06. The van der Waals surface area contributed by atoms with Gasteiger partial charge >= 0.3 is 5.97 Å². The van der Waals surface area contributed by atoms with Crippen LogP contribution in [0, 0.1) is 0 Å². The second-order valence-electron chi connectivity index (χ2n) is 6.22. The number of rotatable bonds is 5. The molecule has 0 bridgehead atoms. The van der Waals surface area contributed by atoms with E-state index in [9.17, 15) is 9.59 Å². The number of anilines is 1. The highest BCUT2D eigenvalue weighted by Gasteiger charge is 2.34. The van der Waals surface area contributed by atoms with Gasteiger partial charge in [0.15, 0.2) is 21.9 Å². The summed E-state index contributed by atoms with van der Waals surface area (Å²) in [5.41, 5.74) is 1.39. The summed E-state index contributed by atoms with van der Waals surface area (Å²) in [7, 11) is 0. The SMILES string of the molecule is CC(Oc1ccc(/C=C2/SC(=S)N(c3ccc4c(c3)OCO4)C2=O)cc1)C(=O)O. The van der Waals surface area contributed by atoms with Crippen molar-refractivity contribution in [2.45, 2.75) is 13.0 Å². The quantitative estimate of drug-likeness (QED) is 0.569. The fourth-order valence-electron chi connectivity index (χ4n) is 2.76. The van der Waals surface area contributed by atoms with Crippen LogP contribution in [0.3, 0.4) is 0 Å². The highest BCUT2D eigenvalue weighted by Crippen LogP contribution is 2.40. The average molecular weight is 429 g/mol. The number of benzene rings is 2. The Bertz CT molecular complexity index is 1030. The third-order valence-corrected chi connectivity index (χ3v) is 5.55. The molecule has 0 radical (unpaired) electrons. The monoisotopic (exact) mass is 429 g/mol. The van der Waals surface area contributed by atoms with Crippen LogP contribution < -0.4 is 19.1 Å². The number of aliphatic carboxylic acids is 1. The van der Waals surface area contributed by atoms with Crippen molar-refractivity contribution in [3.63, 3.8) is 0 Å². The molecule has 2 aromatic rings. The Balaban J connectivity index is 1.52. The van der Waals surface area contributed by atoms with Crippen molar-refractivity contribution in [2.75, 3.05) is 11.7 Å². The molecule has 29 heavy (non-hydrogen) atoms. The number of ether oxygens (including phenoxy) is 3. The van der Waals surface area contributed by atoms with Gasteiger partial charge in [-0.25, -0.2) is 4.79 Å². The molecule has 148 valence electrons. The first-order chi connectivity index (χ1) is 13.9. The lowest BCUT2D eigenvalue weighted by molar-refractivity contribution is -0.144. The van der Waals surface area contributed by atoms with E-state index in [1.165, 1.54) is 23.6 Å². The highest BCUT2D eigenvalue weighted by atomic mass is 32.2. The van der Waals surface area contributed by atoms with E-state index >= 15 is 0 Å². The highest BCUT2D eigenvalue weighted by molar-refractivity contribution is 8.27. The van der Waals surface area contributed by atoms with E-state index in [4.69, 9.17) is 31.5 Å². The summed E-state index contributed by atoms with van der Waals surface area (Å²) in [5, 5.41) is 8.91. The Hall–Kier alpha value is -3.04. The van der Waals surface area contributed by atoms with Gasteiger partial charge in [-0.3, -0.25) is 9.69 Å². The van der Waals surface area contributed by atoms with Gasteiger partial charge in [0, 0.05) is 6.07 Å². The van der Waals surface area contributed by atoms with E-state index in [-0.39, 0.29) is 12.7 Å². The van der Waals surface area contributed by atoms with Crippen molar-refractivity contribution >= 4 is 51.9 Å². The third kappa shape index (κ3) is 3.92. The molecule has 0 aromatic heterocycles. The molecule has 1 fully saturated rings. The second-order valence-corrected chi connectivity index (χ2v) is 7.90. The maximum absolute atomic E-state index is 12.9. The van der Waals surface area contributed by atoms with Gasteiger partial charge in [0.05, 0.1) is 10.6 Å². The van der Waals surface area contributed by atoms with Crippen LogP contribution in [0.2, 0.25) is 0 Å². The minimum absolute atomic E-state index is 0.155. The fraction of sp³-hybridized carbons (Fsp3) is 0.150. The minimum Gasteiger partial charge on any atom is -0.479 e. The van der Waals surface area contributed by atoms with Gasteiger partial charge < -0.3 is 19.3 Å². The van der Waals surface area contributed by atoms with Crippen molar-refractivity contribution in [1.82, 2.24) is 0 Å². The van der Waals surface area contributed by atoms with Gasteiger partial charge in [0.2, 0.25) is 6.79 Å². The lowest BCUT2D eigenvalue weighted by Gasteiger charge is -2.14. The van der Waals surface area contributed by atoms with Crippen molar-refractivity contribution < 1.29 is 28.9 Å². The van der Waals surface area contributed by atoms with Crippen molar-refractivity contribution in [1.29, 1.82) is 0 Å². The van der Waals surface area contributed by atoms with Gasteiger partial charge in [0.25, 0.3) is 5.91 Å². The van der Waals surface area contributed by atoms with Crippen LogP contribution in [0.25, 0.3) is 6.08 Å². The molecule has 2 aromatic carbocycles. The maximum atomic E-state index is 12.9. The second kappa shape index (κ2) is 7.76. The summed E-state index contributed by atoms with van der Waals surface area (Å²) in [6, 6.07) is 12.0. The van der Waals surface area contributed by atoms with Gasteiger partial charge in [-0.2, -0.15) is 0 Å². The van der Waals surface area contributed by atoms with Crippen LogP contribution in [0.1, 0.15) is 12.5 Å². The molecule has 1 atom stereocenters. The average Bonchev–Trinajstić information content (AvgIpc) is 3.26. The Morgan fingerprint density at radius 1 is 1.24 bits per heavy atom. The normalized spacial score (nSPS) is 17.7. The smallest absolute Gasteiger partial charge is 0.344 e. The molecule has 1 unspecified atom stereocenters. The van der Waals surface area contributed by atoms with Crippen LogP contribution >= 0.6 is 24.0 Å². The first kappa shape index (κ1) is 19.3. The summed E-state index contributed by atoms with van der Waals surface area (Å²) in [4.78, 5) is 25.7. The molecule has 1 N–H and O–H groups in total. The number of fused-ring (bicyclic) bond motifs is 1. The van der Waals surface area contributed by atoms with Crippen molar-refractivity contribution in [2.24, 2.45) is 0 Å².